The zero-order valence-electron chi connectivity index (χ0n) is 17.7. The molecule has 1 amide bonds. The van der Waals surface area contributed by atoms with Crippen LogP contribution in [0.1, 0.15) is 22.8 Å². The average molecular weight is 446 g/mol. The Morgan fingerprint density at radius 2 is 1.78 bits per heavy atom. The lowest BCUT2D eigenvalue weighted by atomic mass is 10.00. The smallest absolute Gasteiger partial charge is 0.418 e. The molecule has 3 aromatic rings. The van der Waals surface area contributed by atoms with Crippen molar-refractivity contribution in [3.05, 3.63) is 59.7 Å². The van der Waals surface area contributed by atoms with Gasteiger partial charge >= 0.3 is 12.1 Å². The summed E-state index contributed by atoms with van der Waals surface area (Å²) in [6.07, 6.45) is -4.66. The van der Waals surface area contributed by atoms with Crippen molar-refractivity contribution in [1.29, 1.82) is 0 Å². The van der Waals surface area contributed by atoms with Gasteiger partial charge in [-0.25, -0.2) is 4.98 Å². The molecule has 0 fully saturated rings. The van der Waals surface area contributed by atoms with E-state index in [1.807, 2.05) is 0 Å². The Morgan fingerprint density at radius 3 is 2.38 bits per heavy atom. The molecule has 6 nitrogen and oxygen atoms in total. The van der Waals surface area contributed by atoms with Crippen molar-refractivity contribution in [2.75, 3.05) is 27.3 Å². The van der Waals surface area contributed by atoms with Crippen LogP contribution >= 0.6 is 0 Å². The highest BCUT2D eigenvalue weighted by atomic mass is 19.4. The number of hydrogen-bond acceptors (Lipinski definition) is 5. The van der Waals surface area contributed by atoms with Crippen molar-refractivity contribution < 1.29 is 32.2 Å². The minimum Gasteiger partial charge on any atom is -0.497 e. The summed E-state index contributed by atoms with van der Waals surface area (Å²) in [5.41, 5.74) is -0.608. The number of amides is 1. The van der Waals surface area contributed by atoms with Gasteiger partial charge in [0.15, 0.2) is 0 Å². The number of nitrogens with zero attached hydrogens (tertiary/aromatic N) is 2. The molecule has 32 heavy (non-hydrogen) atoms. The number of fused-ring (bicyclic) bond motifs is 1. The second-order valence-electron chi connectivity index (χ2n) is 6.95. The lowest BCUT2D eigenvalue weighted by Crippen LogP contribution is -2.33. The van der Waals surface area contributed by atoms with Gasteiger partial charge in [-0.2, -0.15) is 13.2 Å². The number of benzene rings is 2. The van der Waals surface area contributed by atoms with Gasteiger partial charge in [-0.05, 0) is 43.3 Å². The topological polar surface area (TPSA) is 68.7 Å². The number of carbonyl (C=O) groups excluding carboxylic acids is 2. The molecule has 2 aromatic carbocycles. The van der Waals surface area contributed by atoms with Gasteiger partial charge in [0.1, 0.15) is 12.3 Å². The fraction of sp³-hybridized carbons (Fsp3) is 0.261. The van der Waals surface area contributed by atoms with Crippen molar-refractivity contribution in [3.8, 4) is 17.0 Å². The lowest BCUT2D eigenvalue weighted by molar-refractivity contribution is -0.143. The molecule has 0 aliphatic carbocycles. The average Bonchev–Trinajstić information content (AvgIpc) is 2.76. The molecular weight excluding hydrogens is 425 g/mol. The zero-order valence-corrected chi connectivity index (χ0v) is 17.7. The monoisotopic (exact) mass is 446 g/mol. The molecule has 0 saturated heterocycles. The van der Waals surface area contributed by atoms with Gasteiger partial charge in [0, 0.05) is 18.0 Å². The second-order valence-corrected chi connectivity index (χ2v) is 6.95. The third-order valence-electron chi connectivity index (χ3n) is 4.78. The number of hydrogen-bond donors (Lipinski definition) is 0. The number of alkyl halides is 3. The van der Waals surface area contributed by atoms with Crippen LogP contribution in [-0.4, -0.2) is 49.1 Å². The van der Waals surface area contributed by atoms with Gasteiger partial charge in [0.2, 0.25) is 0 Å². The van der Waals surface area contributed by atoms with E-state index in [4.69, 9.17) is 9.47 Å². The highest BCUT2D eigenvalue weighted by molar-refractivity contribution is 6.08. The molecule has 0 N–H and O–H groups in total. The Morgan fingerprint density at radius 1 is 1.09 bits per heavy atom. The van der Waals surface area contributed by atoms with E-state index in [9.17, 15) is 22.8 Å². The Kier molecular flexibility index (Phi) is 6.67. The van der Waals surface area contributed by atoms with Crippen LogP contribution in [0.5, 0.6) is 5.75 Å². The van der Waals surface area contributed by atoms with Gasteiger partial charge in [0.25, 0.3) is 5.91 Å². The molecule has 0 unspecified atom stereocenters. The van der Waals surface area contributed by atoms with Crippen molar-refractivity contribution in [2.45, 2.75) is 13.1 Å². The molecule has 0 bridgehead atoms. The summed E-state index contributed by atoms with van der Waals surface area (Å²) in [5, 5.41) is 0.0396. The number of aromatic nitrogens is 1. The number of carbonyl (C=O) groups is 2. The van der Waals surface area contributed by atoms with E-state index in [2.05, 4.69) is 4.98 Å². The number of rotatable bonds is 6. The maximum Gasteiger partial charge on any atom is 0.418 e. The first-order valence-corrected chi connectivity index (χ1v) is 9.72. The summed E-state index contributed by atoms with van der Waals surface area (Å²) in [6.45, 7) is 1.44. The molecule has 1 aromatic heterocycles. The van der Waals surface area contributed by atoms with Crippen LogP contribution in [0.4, 0.5) is 13.2 Å². The Balaban J connectivity index is 2.19. The second kappa shape index (κ2) is 9.25. The maximum atomic E-state index is 13.7. The fourth-order valence-electron chi connectivity index (χ4n) is 3.24. The van der Waals surface area contributed by atoms with E-state index in [0.29, 0.717) is 11.3 Å². The minimum atomic E-state index is -4.66. The molecule has 0 saturated carbocycles. The molecule has 0 aliphatic heterocycles. The van der Waals surface area contributed by atoms with Crippen LogP contribution in [0.2, 0.25) is 0 Å². The molecule has 168 valence electrons. The van der Waals surface area contributed by atoms with Crippen molar-refractivity contribution in [1.82, 2.24) is 9.88 Å². The summed E-state index contributed by atoms with van der Waals surface area (Å²) in [4.78, 5) is 30.3. The number of methoxy groups -OCH3 is 1. The first kappa shape index (κ1) is 23.1. The number of esters is 1. The number of halogens is 3. The van der Waals surface area contributed by atoms with E-state index in [1.165, 1.54) is 32.4 Å². The van der Waals surface area contributed by atoms with Gasteiger partial charge in [-0.3, -0.25) is 9.59 Å². The highest BCUT2D eigenvalue weighted by Crippen LogP contribution is 2.36. The van der Waals surface area contributed by atoms with Crippen LogP contribution in [0.15, 0.2) is 48.5 Å². The Bertz CT molecular complexity index is 1140. The Hall–Kier alpha value is -3.62. The van der Waals surface area contributed by atoms with Crippen LogP contribution in [0, 0.1) is 0 Å². The lowest BCUT2D eigenvalue weighted by Gasteiger charge is -2.19. The summed E-state index contributed by atoms with van der Waals surface area (Å²) in [6, 6.07) is 11.5. The van der Waals surface area contributed by atoms with Gasteiger partial charge in [-0.15, -0.1) is 0 Å². The normalized spacial score (nSPS) is 11.3. The zero-order chi connectivity index (χ0) is 23.5. The SMILES string of the molecule is CCOC(=O)CN(C)C(=O)c1cc(-c2ccc(OC)cc2)nc2c(C(F)(F)F)cccc12. The van der Waals surface area contributed by atoms with Gasteiger partial charge in [-0.1, -0.05) is 12.1 Å². The van der Waals surface area contributed by atoms with Crippen molar-refractivity contribution >= 4 is 22.8 Å². The van der Waals surface area contributed by atoms with E-state index < -0.39 is 23.6 Å². The molecule has 0 spiro atoms. The van der Waals surface area contributed by atoms with E-state index in [1.54, 1.807) is 31.2 Å². The predicted octanol–water partition coefficient (Wildman–Crippen LogP) is 4.56. The highest BCUT2D eigenvalue weighted by Gasteiger charge is 2.34. The van der Waals surface area contributed by atoms with E-state index >= 15 is 0 Å². The fourth-order valence-corrected chi connectivity index (χ4v) is 3.24. The molecule has 1 heterocycles. The molecular formula is C23H21F3N2O4. The standard InChI is InChI=1S/C23H21F3N2O4/c1-4-32-20(29)13-28(2)22(30)17-12-19(14-8-10-15(31-3)11-9-14)27-21-16(17)6-5-7-18(21)23(24,25)26/h5-12H,4,13H2,1-3H3. The van der Waals surface area contributed by atoms with Crippen molar-refractivity contribution in [3.63, 3.8) is 0 Å². The van der Waals surface area contributed by atoms with Crippen molar-refractivity contribution in [2.24, 2.45) is 0 Å². The van der Waals surface area contributed by atoms with Gasteiger partial charge in [0.05, 0.1) is 36.1 Å². The van der Waals surface area contributed by atoms with E-state index in [-0.39, 0.29) is 35.3 Å². The van der Waals surface area contributed by atoms with Crippen LogP contribution in [-0.2, 0) is 15.7 Å². The summed E-state index contributed by atoms with van der Waals surface area (Å²) < 4.78 is 51.0. The molecule has 9 heteroatoms. The number of para-hydroxylation sites is 1. The molecule has 0 aliphatic rings. The third-order valence-corrected chi connectivity index (χ3v) is 4.78. The van der Waals surface area contributed by atoms with Crippen LogP contribution in [0.3, 0.4) is 0 Å². The molecule has 3 rings (SSSR count). The third kappa shape index (κ3) is 4.82. The summed E-state index contributed by atoms with van der Waals surface area (Å²) >= 11 is 0. The quantitative estimate of drug-likeness (QED) is 0.519. The van der Waals surface area contributed by atoms with E-state index in [0.717, 1.165) is 11.0 Å². The minimum absolute atomic E-state index is 0.00119. The number of ether oxygens (including phenoxy) is 2. The molecule has 0 radical (unpaired) electrons. The summed E-state index contributed by atoms with van der Waals surface area (Å²) in [5.74, 6) is -0.677. The molecule has 0 atom stereocenters. The Labute approximate surface area is 182 Å². The number of likely N-dealkylation sites (N-methyl/N-ethyl adjacent to an activating group) is 1. The largest absolute Gasteiger partial charge is 0.497 e. The summed E-state index contributed by atoms with van der Waals surface area (Å²) in [7, 11) is 2.88. The van der Waals surface area contributed by atoms with Crippen LogP contribution < -0.4 is 4.74 Å². The number of pyridine rings is 1. The van der Waals surface area contributed by atoms with Crippen LogP contribution in [0.25, 0.3) is 22.2 Å². The van der Waals surface area contributed by atoms with Gasteiger partial charge < -0.3 is 14.4 Å². The first-order chi connectivity index (χ1) is 15.2. The predicted molar refractivity (Wildman–Crippen MR) is 112 cm³/mol. The first-order valence-electron chi connectivity index (χ1n) is 9.72. The maximum absolute atomic E-state index is 13.7.